The highest BCUT2D eigenvalue weighted by Gasteiger charge is 2.34. The van der Waals surface area contributed by atoms with E-state index in [1.807, 2.05) is 47.4 Å². The maximum absolute atomic E-state index is 13.2. The lowest BCUT2D eigenvalue weighted by Gasteiger charge is -2.18. The number of carbonyl (C=O) groups is 1. The molecule has 1 fully saturated rings. The first-order chi connectivity index (χ1) is 15.1. The second kappa shape index (κ2) is 8.16. The van der Waals surface area contributed by atoms with Crippen molar-refractivity contribution in [2.24, 2.45) is 0 Å². The normalized spacial score (nSPS) is 16.4. The van der Waals surface area contributed by atoms with Crippen LogP contribution in [0, 0.1) is 5.82 Å². The van der Waals surface area contributed by atoms with E-state index in [0.717, 1.165) is 28.0 Å². The molecule has 2 heterocycles. The van der Waals surface area contributed by atoms with Gasteiger partial charge in [-0.05, 0) is 41.5 Å². The Morgan fingerprint density at radius 2 is 1.71 bits per heavy atom. The van der Waals surface area contributed by atoms with Crippen LogP contribution >= 0.6 is 11.6 Å². The Bertz CT molecular complexity index is 1250. The fourth-order valence-electron chi connectivity index (χ4n) is 4.28. The molecule has 1 unspecified atom stereocenters. The van der Waals surface area contributed by atoms with Gasteiger partial charge in [0.05, 0.1) is 17.6 Å². The van der Waals surface area contributed by atoms with Gasteiger partial charge in [0.1, 0.15) is 11.6 Å². The molecule has 0 N–H and O–H groups in total. The number of benzene rings is 3. The smallest absolute Gasteiger partial charge is 0.223 e. The number of hydrogen-bond acceptors (Lipinski definition) is 2. The number of likely N-dealkylation sites (tertiary alicyclic amines) is 1. The van der Waals surface area contributed by atoms with Crippen LogP contribution in [0.15, 0.2) is 72.8 Å². The quantitative estimate of drug-likeness (QED) is 0.423. The Hall–Kier alpha value is -3.18. The highest BCUT2D eigenvalue weighted by atomic mass is 35.5. The largest absolute Gasteiger partial charge is 0.338 e. The molecule has 0 saturated carbocycles. The van der Waals surface area contributed by atoms with Crippen LogP contribution in [0.2, 0.25) is 5.02 Å². The molecule has 1 saturated heterocycles. The number of carbonyl (C=O) groups excluding carboxylic acids is 1. The summed E-state index contributed by atoms with van der Waals surface area (Å²) >= 11 is 6.43. The SMILES string of the molecule is O=C1CC(c2nc3ccccc3n2Cc2ccccc2Cl)CN1Cc1ccc(F)cc1. The minimum Gasteiger partial charge on any atom is -0.338 e. The Kier molecular flexibility index (Phi) is 5.20. The molecule has 3 aromatic carbocycles. The average Bonchev–Trinajstić information content (AvgIpc) is 3.32. The van der Waals surface area contributed by atoms with Gasteiger partial charge in [-0.1, -0.05) is 54.1 Å². The molecule has 31 heavy (non-hydrogen) atoms. The van der Waals surface area contributed by atoms with E-state index in [1.54, 1.807) is 12.1 Å². The van der Waals surface area contributed by atoms with Crippen LogP contribution in [-0.4, -0.2) is 26.9 Å². The maximum Gasteiger partial charge on any atom is 0.223 e. The van der Waals surface area contributed by atoms with E-state index in [4.69, 9.17) is 16.6 Å². The summed E-state index contributed by atoms with van der Waals surface area (Å²) in [4.78, 5) is 19.5. The van der Waals surface area contributed by atoms with Crippen molar-refractivity contribution in [2.45, 2.75) is 25.4 Å². The highest BCUT2D eigenvalue weighted by Crippen LogP contribution is 2.32. The Morgan fingerprint density at radius 3 is 2.52 bits per heavy atom. The molecule has 4 aromatic rings. The summed E-state index contributed by atoms with van der Waals surface area (Å²) in [5.41, 5.74) is 3.87. The van der Waals surface area contributed by atoms with Crippen molar-refractivity contribution in [1.82, 2.24) is 14.5 Å². The van der Waals surface area contributed by atoms with E-state index < -0.39 is 0 Å². The molecule has 1 aromatic heterocycles. The van der Waals surface area contributed by atoms with Crippen molar-refractivity contribution in [3.63, 3.8) is 0 Å². The molecule has 0 aliphatic carbocycles. The molecule has 6 heteroatoms. The average molecular weight is 434 g/mol. The van der Waals surface area contributed by atoms with Gasteiger partial charge in [0.2, 0.25) is 5.91 Å². The number of hydrogen-bond donors (Lipinski definition) is 0. The van der Waals surface area contributed by atoms with Gasteiger partial charge in [0.25, 0.3) is 0 Å². The van der Waals surface area contributed by atoms with E-state index in [2.05, 4.69) is 10.6 Å². The summed E-state index contributed by atoms with van der Waals surface area (Å²) in [6, 6.07) is 22.1. The van der Waals surface area contributed by atoms with Gasteiger partial charge in [-0.25, -0.2) is 9.37 Å². The van der Waals surface area contributed by atoms with Crippen LogP contribution in [0.3, 0.4) is 0 Å². The molecule has 1 aliphatic heterocycles. The van der Waals surface area contributed by atoms with Crippen molar-refractivity contribution in [3.05, 3.63) is 101 Å². The van der Waals surface area contributed by atoms with E-state index in [-0.39, 0.29) is 17.6 Å². The molecule has 156 valence electrons. The van der Waals surface area contributed by atoms with Crippen LogP contribution in [0.25, 0.3) is 11.0 Å². The second-order valence-electron chi connectivity index (χ2n) is 7.94. The fraction of sp³-hybridized carbons (Fsp3) is 0.200. The molecular weight excluding hydrogens is 413 g/mol. The summed E-state index contributed by atoms with van der Waals surface area (Å²) in [6.45, 7) is 1.65. The zero-order valence-electron chi connectivity index (χ0n) is 16.8. The molecule has 1 amide bonds. The Labute approximate surface area is 184 Å². The number of fused-ring (bicyclic) bond motifs is 1. The van der Waals surface area contributed by atoms with Gasteiger partial charge in [0.15, 0.2) is 0 Å². The van der Waals surface area contributed by atoms with Crippen molar-refractivity contribution < 1.29 is 9.18 Å². The summed E-state index contributed by atoms with van der Waals surface area (Å²) in [5, 5.41) is 0.715. The third-order valence-corrected chi connectivity index (χ3v) is 6.21. The van der Waals surface area contributed by atoms with Gasteiger partial charge in [-0.2, -0.15) is 0 Å². The first-order valence-electron chi connectivity index (χ1n) is 10.3. The zero-order chi connectivity index (χ0) is 21.4. The molecular formula is C25H21ClFN3O. The first-order valence-corrected chi connectivity index (χ1v) is 10.7. The van der Waals surface area contributed by atoms with Crippen molar-refractivity contribution >= 4 is 28.5 Å². The molecule has 0 spiro atoms. The number of para-hydroxylation sites is 2. The van der Waals surface area contributed by atoms with Gasteiger partial charge >= 0.3 is 0 Å². The summed E-state index contributed by atoms with van der Waals surface area (Å²) in [7, 11) is 0. The van der Waals surface area contributed by atoms with Crippen LogP contribution in [0.4, 0.5) is 4.39 Å². The molecule has 1 atom stereocenters. The number of imidazole rings is 1. The van der Waals surface area contributed by atoms with Gasteiger partial charge < -0.3 is 9.47 Å². The fourth-order valence-corrected chi connectivity index (χ4v) is 4.47. The predicted molar refractivity (Wildman–Crippen MR) is 119 cm³/mol. The van der Waals surface area contributed by atoms with Gasteiger partial charge in [0, 0.05) is 30.5 Å². The molecule has 4 nitrogen and oxygen atoms in total. The number of aromatic nitrogens is 2. The number of halogens is 2. The lowest BCUT2D eigenvalue weighted by Crippen LogP contribution is -2.24. The van der Waals surface area contributed by atoms with E-state index in [1.165, 1.54) is 12.1 Å². The van der Waals surface area contributed by atoms with Crippen LogP contribution in [0.1, 0.15) is 29.3 Å². The van der Waals surface area contributed by atoms with Crippen LogP contribution < -0.4 is 0 Å². The van der Waals surface area contributed by atoms with E-state index in [9.17, 15) is 9.18 Å². The minimum atomic E-state index is -0.275. The van der Waals surface area contributed by atoms with E-state index in [0.29, 0.717) is 31.1 Å². The third-order valence-electron chi connectivity index (χ3n) is 5.84. The molecule has 0 radical (unpaired) electrons. The van der Waals surface area contributed by atoms with Gasteiger partial charge in [-0.15, -0.1) is 0 Å². The second-order valence-corrected chi connectivity index (χ2v) is 8.35. The number of rotatable bonds is 5. The van der Waals surface area contributed by atoms with Crippen molar-refractivity contribution in [2.75, 3.05) is 6.54 Å². The maximum atomic E-state index is 13.2. The monoisotopic (exact) mass is 433 g/mol. The summed E-state index contributed by atoms with van der Waals surface area (Å²) in [6.07, 6.45) is 0.410. The minimum absolute atomic E-state index is 0.0113. The van der Waals surface area contributed by atoms with Crippen LogP contribution in [0.5, 0.6) is 0 Å². The number of amides is 1. The summed E-state index contributed by atoms with van der Waals surface area (Å²) < 4.78 is 15.4. The van der Waals surface area contributed by atoms with Crippen LogP contribution in [-0.2, 0) is 17.9 Å². The Morgan fingerprint density at radius 1 is 0.968 bits per heavy atom. The van der Waals surface area contributed by atoms with Gasteiger partial charge in [-0.3, -0.25) is 4.79 Å². The summed E-state index contributed by atoms with van der Waals surface area (Å²) in [5.74, 6) is 0.701. The van der Waals surface area contributed by atoms with Crippen molar-refractivity contribution in [1.29, 1.82) is 0 Å². The van der Waals surface area contributed by atoms with Crippen molar-refractivity contribution in [3.8, 4) is 0 Å². The highest BCUT2D eigenvalue weighted by molar-refractivity contribution is 6.31. The Balaban J connectivity index is 1.46. The first kappa shape index (κ1) is 19.8. The van der Waals surface area contributed by atoms with E-state index >= 15 is 0 Å². The topological polar surface area (TPSA) is 38.1 Å². The standard InChI is InChI=1S/C25H21ClFN3O/c26-21-6-2-1-5-18(21)16-30-23-8-4-3-7-22(23)28-25(30)19-13-24(31)29(15-19)14-17-9-11-20(27)12-10-17/h1-12,19H,13-16H2. The zero-order valence-corrected chi connectivity index (χ0v) is 17.6. The molecule has 1 aliphatic rings. The molecule has 0 bridgehead atoms. The lowest BCUT2D eigenvalue weighted by atomic mass is 10.1. The third kappa shape index (κ3) is 3.93. The lowest BCUT2D eigenvalue weighted by molar-refractivity contribution is -0.128. The molecule has 5 rings (SSSR count). The number of nitrogens with zero attached hydrogens (tertiary/aromatic N) is 3. The predicted octanol–water partition coefficient (Wildman–Crippen LogP) is 5.39.